The third kappa shape index (κ3) is 4.16. The van der Waals surface area contributed by atoms with Crippen LogP contribution >= 0.6 is 0 Å². The molecular formula is C14H24N2O6. The van der Waals surface area contributed by atoms with E-state index in [0.29, 0.717) is 0 Å². The number of hydrogen-bond donors (Lipinski definition) is 3. The SMILES string of the molecule is COCC(=O)NCC1OC(CC(=O)N2CCCC2)C(O)C1O. The van der Waals surface area contributed by atoms with E-state index < -0.39 is 24.4 Å². The average molecular weight is 316 g/mol. The summed E-state index contributed by atoms with van der Waals surface area (Å²) in [5, 5.41) is 22.5. The molecule has 0 aromatic rings. The molecule has 2 saturated heterocycles. The molecule has 2 amide bonds. The van der Waals surface area contributed by atoms with Crippen molar-refractivity contribution in [3.8, 4) is 0 Å². The van der Waals surface area contributed by atoms with Crippen LogP contribution in [0, 0.1) is 0 Å². The number of methoxy groups -OCH3 is 1. The van der Waals surface area contributed by atoms with Gasteiger partial charge in [0.15, 0.2) is 0 Å². The van der Waals surface area contributed by atoms with Crippen LogP contribution in [0.2, 0.25) is 0 Å². The second kappa shape index (κ2) is 7.87. The Bertz CT molecular complexity index is 399. The Hall–Kier alpha value is -1.22. The van der Waals surface area contributed by atoms with Gasteiger partial charge >= 0.3 is 0 Å². The Balaban J connectivity index is 1.81. The van der Waals surface area contributed by atoms with Crippen LogP contribution in [0.4, 0.5) is 0 Å². The topological polar surface area (TPSA) is 108 Å². The molecule has 0 saturated carbocycles. The molecule has 0 radical (unpaired) electrons. The normalized spacial score (nSPS) is 31.5. The minimum atomic E-state index is -1.13. The molecule has 3 N–H and O–H groups in total. The quantitative estimate of drug-likeness (QED) is 0.536. The highest BCUT2D eigenvalue weighted by Crippen LogP contribution is 2.24. The lowest BCUT2D eigenvalue weighted by Crippen LogP contribution is -2.41. The van der Waals surface area contributed by atoms with Crippen molar-refractivity contribution in [3.05, 3.63) is 0 Å². The molecule has 8 nitrogen and oxygen atoms in total. The van der Waals surface area contributed by atoms with Gasteiger partial charge in [-0.3, -0.25) is 9.59 Å². The Morgan fingerprint density at radius 1 is 1.23 bits per heavy atom. The van der Waals surface area contributed by atoms with E-state index >= 15 is 0 Å². The largest absolute Gasteiger partial charge is 0.388 e. The van der Waals surface area contributed by atoms with Crippen LogP contribution in [0.25, 0.3) is 0 Å². The number of ether oxygens (including phenoxy) is 2. The lowest BCUT2D eigenvalue weighted by Gasteiger charge is -2.19. The van der Waals surface area contributed by atoms with Crippen LogP contribution < -0.4 is 5.32 Å². The molecule has 4 unspecified atom stereocenters. The summed E-state index contributed by atoms with van der Waals surface area (Å²) in [7, 11) is 1.41. The Kier molecular flexibility index (Phi) is 6.13. The van der Waals surface area contributed by atoms with Gasteiger partial charge in [-0.25, -0.2) is 0 Å². The molecule has 0 aromatic heterocycles. The molecule has 2 aliphatic heterocycles. The average Bonchev–Trinajstić information content (AvgIpc) is 3.10. The van der Waals surface area contributed by atoms with E-state index in [1.165, 1.54) is 7.11 Å². The maximum Gasteiger partial charge on any atom is 0.246 e. The molecule has 0 spiro atoms. The highest BCUT2D eigenvalue weighted by atomic mass is 16.5. The van der Waals surface area contributed by atoms with Crippen molar-refractivity contribution in [2.75, 3.05) is 33.4 Å². The summed E-state index contributed by atoms with van der Waals surface area (Å²) in [5.41, 5.74) is 0. The Labute approximate surface area is 129 Å². The van der Waals surface area contributed by atoms with E-state index in [2.05, 4.69) is 10.1 Å². The van der Waals surface area contributed by atoms with Gasteiger partial charge in [0.25, 0.3) is 0 Å². The van der Waals surface area contributed by atoms with Crippen LogP contribution in [0.15, 0.2) is 0 Å². The highest BCUT2D eigenvalue weighted by Gasteiger charge is 2.43. The van der Waals surface area contributed by atoms with Crippen LogP contribution in [-0.4, -0.2) is 84.7 Å². The molecule has 2 rings (SSSR count). The minimum Gasteiger partial charge on any atom is -0.388 e. The summed E-state index contributed by atoms with van der Waals surface area (Å²) < 4.78 is 10.2. The molecule has 0 aliphatic carbocycles. The molecular weight excluding hydrogens is 292 g/mol. The molecule has 0 bridgehead atoms. The fourth-order valence-corrected chi connectivity index (χ4v) is 2.83. The fraction of sp³-hybridized carbons (Fsp3) is 0.857. The van der Waals surface area contributed by atoms with Gasteiger partial charge in [-0.2, -0.15) is 0 Å². The summed E-state index contributed by atoms with van der Waals surface area (Å²) in [6.45, 7) is 1.46. The molecule has 2 aliphatic rings. The van der Waals surface area contributed by atoms with Crippen molar-refractivity contribution in [1.82, 2.24) is 10.2 Å². The van der Waals surface area contributed by atoms with E-state index in [1.807, 2.05) is 0 Å². The predicted octanol–water partition coefficient (Wildman–Crippen LogP) is -1.75. The summed E-state index contributed by atoms with van der Waals surface area (Å²) in [6, 6.07) is 0. The van der Waals surface area contributed by atoms with Gasteiger partial charge in [0.1, 0.15) is 24.9 Å². The van der Waals surface area contributed by atoms with Gasteiger partial charge in [-0.1, -0.05) is 0 Å². The van der Waals surface area contributed by atoms with Crippen molar-refractivity contribution < 1.29 is 29.3 Å². The zero-order valence-electron chi connectivity index (χ0n) is 12.7. The number of likely N-dealkylation sites (tertiary alicyclic amines) is 1. The first-order valence-electron chi connectivity index (χ1n) is 7.58. The maximum atomic E-state index is 12.1. The number of carbonyl (C=O) groups is 2. The first kappa shape index (κ1) is 17.1. The highest BCUT2D eigenvalue weighted by molar-refractivity contribution is 5.77. The van der Waals surface area contributed by atoms with Gasteiger partial charge < -0.3 is 29.9 Å². The summed E-state index contributed by atoms with van der Waals surface area (Å²) in [6.07, 6.45) is -1.69. The zero-order chi connectivity index (χ0) is 16.1. The lowest BCUT2D eigenvalue weighted by molar-refractivity contribution is -0.134. The predicted molar refractivity (Wildman–Crippen MR) is 76.0 cm³/mol. The zero-order valence-corrected chi connectivity index (χ0v) is 12.7. The number of nitrogens with zero attached hydrogens (tertiary/aromatic N) is 1. The third-order valence-corrected chi connectivity index (χ3v) is 4.07. The monoisotopic (exact) mass is 316 g/mol. The molecule has 4 atom stereocenters. The molecule has 2 fully saturated rings. The van der Waals surface area contributed by atoms with E-state index in [1.54, 1.807) is 4.90 Å². The molecule has 0 aromatic carbocycles. The first-order valence-corrected chi connectivity index (χ1v) is 7.58. The van der Waals surface area contributed by atoms with Crippen LogP contribution in [0.5, 0.6) is 0 Å². The lowest BCUT2D eigenvalue weighted by atomic mass is 10.1. The summed E-state index contributed by atoms with van der Waals surface area (Å²) >= 11 is 0. The maximum absolute atomic E-state index is 12.1. The minimum absolute atomic E-state index is 0.0424. The number of amides is 2. The second-order valence-electron chi connectivity index (χ2n) is 5.72. The fourth-order valence-electron chi connectivity index (χ4n) is 2.83. The summed E-state index contributed by atoms with van der Waals surface area (Å²) in [4.78, 5) is 25.1. The number of aliphatic hydroxyl groups excluding tert-OH is 2. The molecule has 8 heteroatoms. The van der Waals surface area contributed by atoms with Crippen LogP contribution in [0.3, 0.4) is 0 Å². The standard InChI is InChI=1S/C14H24N2O6/c1-21-8-11(17)15-7-10-14(20)13(19)9(22-10)6-12(18)16-4-2-3-5-16/h9-10,13-14,19-20H,2-8H2,1H3,(H,15,17). The van der Waals surface area contributed by atoms with E-state index in [4.69, 9.17) is 4.74 Å². The van der Waals surface area contributed by atoms with E-state index in [-0.39, 0.29) is 31.4 Å². The third-order valence-electron chi connectivity index (χ3n) is 4.07. The molecule has 2 heterocycles. The van der Waals surface area contributed by atoms with Crippen molar-refractivity contribution >= 4 is 11.8 Å². The van der Waals surface area contributed by atoms with Crippen molar-refractivity contribution in [2.24, 2.45) is 0 Å². The van der Waals surface area contributed by atoms with Gasteiger partial charge in [0, 0.05) is 26.7 Å². The molecule has 126 valence electrons. The van der Waals surface area contributed by atoms with Crippen molar-refractivity contribution in [2.45, 2.75) is 43.7 Å². The van der Waals surface area contributed by atoms with E-state index in [0.717, 1.165) is 25.9 Å². The number of aliphatic hydroxyl groups is 2. The first-order chi connectivity index (χ1) is 10.5. The number of hydrogen-bond acceptors (Lipinski definition) is 6. The Morgan fingerprint density at radius 2 is 1.86 bits per heavy atom. The van der Waals surface area contributed by atoms with Gasteiger partial charge in [-0.15, -0.1) is 0 Å². The second-order valence-corrected chi connectivity index (χ2v) is 5.72. The number of rotatable bonds is 6. The van der Waals surface area contributed by atoms with Crippen LogP contribution in [-0.2, 0) is 19.1 Å². The van der Waals surface area contributed by atoms with Gasteiger partial charge in [0.2, 0.25) is 11.8 Å². The van der Waals surface area contributed by atoms with Crippen molar-refractivity contribution in [3.63, 3.8) is 0 Å². The van der Waals surface area contributed by atoms with Gasteiger partial charge in [0.05, 0.1) is 12.5 Å². The van der Waals surface area contributed by atoms with Crippen LogP contribution in [0.1, 0.15) is 19.3 Å². The smallest absolute Gasteiger partial charge is 0.246 e. The van der Waals surface area contributed by atoms with E-state index in [9.17, 15) is 19.8 Å². The van der Waals surface area contributed by atoms with Crippen molar-refractivity contribution in [1.29, 1.82) is 0 Å². The number of carbonyl (C=O) groups excluding carboxylic acids is 2. The number of nitrogens with one attached hydrogen (secondary N) is 1. The Morgan fingerprint density at radius 3 is 2.50 bits per heavy atom. The summed E-state index contributed by atoms with van der Waals surface area (Å²) in [5.74, 6) is -0.401. The van der Waals surface area contributed by atoms with Gasteiger partial charge in [-0.05, 0) is 12.8 Å². The molecule has 22 heavy (non-hydrogen) atoms.